The van der Waals surface area contributed by atoms with Gasteiger partial charge in [0.1, 0.15) is 11.4 Å². The maximum atomic E-state index is 15.0. The largest absolute Gasteiger partial charge is 0.508 e. The van der Waals surface area contributed by atoms with Gasteiger partial charge in [-0.2, -0.15) is 0 Å². The van der Waals surface area contributed by atoms with Crippen molar-refractivity contribution in [2.45, 2.75) is 54.8 Å². The lowest BCUT2D eigenvalue weighted by molar-refractivity contribution is -0.145. The molecule has 6 atom stereocenters. The molecule has 0 unspecified atom stereocenters. The number of benzene rings is 2. The summed E-state index contributed by atoms with van der Waals surface area (Å²) in [6.07, 6.45) is 1.08. The molecule has 0 spiro atoms. The van der Waals surface area contributed by atoms with E-state index in [0.29, 0.717) is 5.57 Å². The number of amides is 4. The summed E-state index contributed by atoms with van der Waals surface area (Å²) in [6.45, 7) is 5.01. The van der Waals surface area contributed by atoms with Gasteiger partial charge in [-0.3, -0.25) is 24.1 Å². The van der Waals surface area contributed by atoms with Gasteiger partial charge in [0, 0.05) is 11.5 Å². The first-order valence-electron chi connectivity index (χ1n) is 13.5. The number of imide groups is 2. The highest BCUT2D eigenvalue weighted by molar-refractivity contribution is 6.58. The Hall–Kier alpha value is -3.51. The highest BCUT2D eigenvalue weighted by Crippen LogP contribution is 2.66. The van der Waals surface area contributed by atoms with Crippen LogP contribution in [-0.2, 0) is 19.2 Å². The minimum Gasteiger partial charge on any atom is -0.508 e. The lowest BCUT2D eigenvalue weighted by Crippen LogP contribution is -2.60. The summed E-state index contributed by atoms with van der Waals surface area (Å²) in [6, 6.07) is 5.21. The van der Waals surface area contributed by atoms with E-state index >= 15 is 8.78 Å². The van der Waals surface area contributed by atoms with Gasteiger partial charge in [0.05, 0.1) is 11.8 Å². The van der Waals surface area contributed by atoms with Crippen LogP contribution in [0.2, 0.25) is 0 Å². The van der Waals surface area contributed by atoms with Crippen LogP contribution in [0.5, 0.6) is 5.75 Å². The topological polar surface area (TPSA) is 95.0 Å². The fourth-order valence-corrected chi connectivity index (χ4v) is 8.20. The monoisotopic (exact) mass is 656 g/mol. The predicted molar refractivity (Wildman–Crippen MR) is 146 cm³/mol. The standard InChI is InChI=1S/C30H23Cl2F5N2O5/c1-28(2,3)39-24(41)14-9-8-13-15(16(14)25(39)42)10-29(31)26(43)38(23-21(36)19(34)18(33)20(35)22(23)37)27(44)30(29,32)17(13)11-4-6-12(40)7-5-11/h4-8,14-17,40H,9-10H2,1-3H3/t14-,15+,16-,17-,29+,30-/m0/s1. The van der Waals surface area contributed by atoms with Crippen molar-refractivity contribution in [3.63, 3.8) is 0 Å². The van der Waals surface area contributed by atoms with Crippen LogP contribution in [0.3, 0.4) is 0 Å². The average Bonchev–Trinajstić information content (AvgIpc) is 3.30. The van der Waals surface area contributed by atoms with E-state index in [-0.39, 0.29) is 22.6 Å². The Morgan fingerprint density at radius 3 is 1.91 bits per heavy atom. The van der Waals surface area contributed by atoms with Crippen molar-refractivity contribution in [3.05, 3.63) is 70.6 Å². The number of hydrogen-bond acceptors (Lipinski definition) is 5. The van der Waals surface area contributed by atoms with Crippen molar-refractivity contribution in [2.75, 3.05) is 4.90 Å². The van der Waals surface area contributed by atoms with Crippen LogP contribution in [0.15, 0.2) is 35.9 Å². The molecule has 2 heterocycles. The summed E-state index contributed by atoms with van der Waals surface area (Å²) in [5, 5.41) is 9.93. The fraction of sp³-hybridized carbons (Fsp3) is 0.400. The number of fused-ring (bicyclic) bond motifs is 4. The number of phenols is 1. The summed E-state index contributed by atoms with van der Waals surface area (Å²) >= 11 is 14.1. The zero-order valence-corrected chi connectivity index (χ0v) is 24.7. The summed E-state index contributed by atoms with van der Waals surface area (Å²) in [4.78, 5) is 51.2. The molecule has 0 aromatic heterocycles. The number of carbonyl (C=O) groups excluding carboxylic acids is 4. The Morgan fingerprint density at radius 2 is 1.36 bits per heavy atom. The molecule has 2 saturated heterocycles. The van der Waals surface area contributed by atoms with Gasteiger partial charge in [0.25, 0.3) is 11.8 Å². The van der Waals surface area contributed by atoms with E-state index in [0.717, 1.165) is 4.90 Å². The van der Waals surface area contributed by atoms with Crippen LogP contribution < -0.4 is 4.90 Å². The molecule has 14 heteroatoms. The van der Waals surface area contributed by atoms with E-state index in [1.807, 2.05) is 0 Å². The Bertz CT molecular complexity index is 1700. The molecular weight excluding hydrogens is 634 g/mol. The normalized spacial score (nSPS) is 31.7. The Balaban J connectivity index is 1.59. The zero-order valence-electron chi connectivity index (χ0n) is 23.2. The van der Waals surface area contributed by atoms with Crippen molar-refractivity contribution < 1.29 is 46.2 Å². The molecule has 2 aliphatic carbocycles. The van der Waals surface area contributed by atoms with E-state index in [1.165, 1.54) is 24.3 Å². The van der Waals surface area contributed by atoms with E-state index in [9.17, 15) is 37.5 Å². The second kappa shape index (κ2) is 9.50. The number of halogens is 7. The Morgan fingerprint density at radius 1 is 0.818 bits per heavy atom. The maximum Gasteiger partial charge on any atom is 0.258 e. The molecule has 2 aromatic rings. The van der Waals surface area contributed by atoms with Crippen LogP contribution in [0.1, 0.15) is 45.1 Å². The summed E-state index contributed by atoms with van der Waals surface area (Å²) < 4.78 is 72.5. The number of hydrogen-bond donors (Lipinski definition) is 1. The molecule has 44 heavy (non-hydrogen) atoms. The Kier molecular flexibility index (Phi) is 6.59. The van der Waals surface area contributed by atoms with Crippen LogP contribution in [0, 0.1) is 46.8 Å². The lowest BCUT2D eigenvalue weighted by Gasteiger charge is -2.50. The van der Waals surface area contributed by atoms with E-state index in [4.69, 9.17) is 23.2 Å². The van der Waals surface area contributed by atoms with Crippen molar-refractivity contribution in [3.8, 4) is 5.75 Å². The van der Waals surface area contributed by atoms with Gasteiger partial charge >= 0.3 is 0 Å². The maximum absolute atomic E-state index is 15.0. The minimum atomic E-state index is -2.60. The second-order valence-electron chi connectivity index (χ2n) is 12.5. The highest BCUT2D eigenvalue weighted by Gasteiger charge is 2.77. The van der Waals surface area contributed by atoms with Crippen LogP contribution in [-0.4, -0.2) is 48.9 Å². The molecule has 2 aromatic carbocycles. The smallest absolute Gasteiger partial charge is 0.258 e. The molecule has 232 valence electrons. The van der Waals surface area contributed by atoms with Gasteiger partial charge in [-0.1, -0.05) is 23.8 Å². The van der Waals surface area contributed by atoms with E-state index in [1.54, 1.807) is 26.8 Å². The summed E-state index contributed by atoms with van der Waals surface area (Å²) in [7, 11) is 0. The molecule has 0 radical (unpaired) electrons. The van der Waals surface area contributed by atoms with Crippen LogP contribution >= 0.6 is 23.2 Å². The van der Waals surface area contributed by atoms with Gasteiger partial charge in [-0.15, -0.1) is 23.2 Å². The molecular formula is C30H23Cl2F5N2O5. The number of nitrogens with zero attached hydrogens (tertiary/aromatic N) is 2. The van der Waals surface area contributed by atoms with E-state index in [2.05, 4.69) is 0 Å². The number of phenolic OH excluding ortho intramolecular Hbond substituents is 1. The predicted octanol–water partition coefficient (Wildman–Crippen LogP) is 5.45. The summed E-state index contributed by atoms with van der Waals surface area (Å²) in [5.74, 6) is -20.8. The molecule has 1 N–H and O–H groups in total. The van der Waals surface area contributed by atoms with Gasteiger partial charge < -0.3 is 5.11 Å². The molecule has 7 nitrogen and oxygen atoms in total. The number of anilines is 1. The third kappa shape index (κ3) is 3.67. The minimum absolute atomic E-state index is 0.0496. The van der Waals surface area contributed by atoms with Crippen molar-refractivity contribution in [1.29, 1.82) is 0 Å². The van der Waals surface area contributed by atoms with Crippen LogP contribution in [0.25, 0.3) is 0 Å². The number of alkyl halides is 2. The number of carbonyl (C=O) groups is 4. The van der Waals surface area contributed by atoms with Crippen molar-refractivity contribution in [1.82, 2.24) is 4.90 Å². The highest BCUT2D eigenvalue weighted by atomic mass is 35.5. The molecule has 4 amide bonds. The fourth-order valence-electron chi connectivity index (χ4n) is 7.27. The molecule has 0 bridgehead atoms. The molecule has 2 aliphatic heterocycles. The van der Waals surface area contributed by atoms with Gasteiger partial charge in [-0.25, -0.2) is 26.9 Å². The first-order chi connectivity index (χ1) is 20.4. The SMILES string of the molecule is CC(C)(C)N1C(=O)[C@H]2[C@H](CC=C3[C@H]2C[C@@]2(Cl)C(=O)N(c4c(F)c(F)c(F)c(F)c4F)C(=O)[C@@]2(Cl)[C@H]3c2ccc(O)cc2)C1=O. The summed E-state index contributed by atoms with van der Waals surface area (Å²) in [5.41, 5.74) is -2.22. The van der Waals surface area contributed by atoms with E-state index < -0.39 is 104 Å². The van der Waals surface area contributed by atoms with Crippen LogP contribution in [0.4, 0.5) is 27.6 Å². The number of aromatic hydroxyl groups is 1. The van der Waals surface area contributed by atoms with Gasteiger partial charge in [-0.05, 0) is 57.2 Å². The van der Waals surface area contributed by atoms with Crippen molar-refractivity contribution >= 4 is 52.5 Å². The quantitative estimate of drug-likeness (QED) is 0.116. The number of allylic oxidation sites excluding steroid dienone is 2. The molecule has 3 fully saturated rings. The molecule has 1 saturated carbocycles. The third-order valence-electron chi connectivity index (χ3n) is 9.12. The van der Waals surface area contributed by atoms with Crippen molar-refractivity contribution in [2.24, 2.45) is 17.8 Å². The number of likely N-dealkylation sites (tertiary alicyclic amines) is 1. The van der Waals surface area contributed by atoms with Gasteiger partial charge in [0.2, 0.25) is 17.6 Å². The molecule has 6 rings (SSSR count). The zero-order chi connectivity index (χ0) is 32.4. The van der Waals surface area contributed by atoms with Gasteiger partial charge in [0.15, 0.2) is 33.0 Å². The first kappa shape index (κ1) is 30.5. The number of rotatable bonds is 2. The first-order valence-corrected chi connectivity index (χ1v) is 14.3. The second-order valence-corrected chi connectivity index (χ2v) is 13.7. The lowest BCUT2D eigenvalue weighted by atomic mass is 9.56. The average molecular weight is 657 g/mol. The third-order valence-corrected chi connectivity index (χ3v) is 10.5. The molecule has 4 aliphatic rings. The Labute approximate surface area is 257 Å².